The van der Waals surface area contributed by atoms with E-state index >= 15 is 0 Å². The number of hydrogen-bond donors (Lipinski definition) is 16. The van der Waals surface area contributed by atoms with E-state index in [-0.39, 0.29) is 12.8 Å². The maximum Gasteiger partial charge on any atom is 0.249 e. The Labute approximate surface area is 546 Å². The molecule has 0 bridgehead atoms. The van der Waals surface area contributed by atoms with Crippen molar-refractivity contribution in [1.29, 1.82) is 0 Å². The van der Waals surface area contributed by atoms with Gasteiger partial charge in [0, 0.05) is 6.92 Å². The van der Waals surface area contributed by atoms with Crippen LogP contribution in [0.3, 0.4) is 0 Å². The van der Waals surface area contributed by atoms with Crippen LogP contribution in [0, 0.1) is 0 Å². The zero-order valence-corrected chi connectivity index (χ0v) is 55.7. The number of aliphatic hydroxyl groups excluding tert-OH is 14. The summed E-state index contributed by atoms with van der Waals surface area (Å²) in [6, 6.07) is -2.93. The van der Waals surface area contributed by atoms with Crippen LogP contribution in [0.1, 0.15) is 233 Å². The Morgan fingerprint density at radius 1 is 0.435 bits per heavy atom. The molecular weight excluding hydrogens is 1200 g/mol. The molecule has 92 heavy (non-hydrogen) atoms. The Hall–Kier alpha value is -1.94. The number of rotatable bonds is 49. The Morgan fingerprint density at radius 2 is 0.837 bits per heavy atom. The fourth-order valence-corrected chi connectivity index (χ4v) is 12.6. The molecule has 4 heterocycles. The summed E-state index contributed by atoms with van der Waals surface area (Å²) in [5.41, 5.74) is 0. The van der Waals surface area contributed by atoms with Crippen LogP contribution in [0.2, 0.25) is 0 Å². The topological polar surface area (TPSA) is 415 Å². The van der Waals surface area contributed by atoms with Crippen molar-refractivity contribution in [2.75, 3.05) is 26.4 Å². The maximum atomic E-state index is 13.7. The molecule has 0 unspecified atom stereocenters. The standard InChI is InChI=1S/C66H124N2O24/c1-5-7-9-11-13-15-17-18-19-20-21-22-23-24-26-28-30-32-34-36-45(73)62(84)68-43(51(75)44(72)35-33-31-29-27-25-16-14-12-10-8-6-2)39-85-66-61(57(81)52(76)46(37-69)89-66)92-65-59(83)56(80)53(77)48(90-65)40-86-63-49(67-42(4)71)60(54(78)47(38-70)88-63)91-64-58(82)55(79)50(74)41(3)87-64/h41,43-61,63-66,69-70,72-83H,5-40H2,1-4H3,(H,67,71)(H,68,84)/t41-,43-,44+,45+,46+,47+,48+,49+,50-,51-,52-,53-,54-,55+,56-,57-,58+,59+,60+,61+,63+,64-,65+,66-/m0/s1. The molecule has 0 spiro atoms. The molecule has 2 amide bonds. The van der Waals surface area contributed by atoms with Gasteiger partial charge in [-0.1, -0.05) is 206 Å². The van der Waals surface area contributed by atoms with Crippen molar-refractivity contribution >= 4 is 11.8 Å². The number of carbonyl (C=O) groups is 2. The third-order valence-electron chi connectivity index (χ3n) is 18.6. The van der Waals surface area contributed by atoms with Crippen LogP contribution >= 0.6 is 0 Å². The van der Waals surface area contributed by atoms with Gasteiger partial charge < -0.3 is 120 Å². The van der Waals surface area contributed by atoms with Gasteiger partial charge in [0.1, 0.15) is 104 Å². The van der Waals surface area contributed by atoms with Gasteiger partial charge in [-0.25, -0.2) is 0 Å². The van der Waals surface area contributed by atoms with Crippen molar-refractivity contribution in [1.82, 2.24) is 10.6 Å². The first kappa shape index (κ1) is 82.5. The smallest absolute Gasteiger partial charge is 0.249 e. The zero-order valence-electron chi connectivity index (χ0n) is 55.7. The highest BCUT2D eigenvalue weighted by Gasteiger charge is 2.54. The van der Waals surface area contributed by atoms with Gasteiger partial charge in [-0.05, 0) is 19.8 Å². The molecule has 4 saturated heterocycles. The number of aliphatic hydroxyl groups is 14. The summed E-state index contributed by atoms with van der Waals surface area (Å²) in [6.45, 7) is 3.77. The first-order valence-corrected chi connectivity index (χ1v) is 35.3. The summed E-state index contributed by atoms with van der Waals surface area (Å²) >= 11 is 0. The second kappa shape index (κ2) is 46.4. The normalized spacial score (nSPS) is 33.3. The van der Waals surface area contributed by atoms with Crippen LogP contribution in [0.4, 0.5) is 0 Å². The number of unbranched alkanes of at least 4 members (excludes halogenated alkanes) is 28. The highest BCUT2D eigenvalue weighted by molar-refractivity contribution is 5.80. The number of amides is 2. The van der Waals surface area contributed by atoms with E-state index in [0.29, 0.717) is 12.8 Å². The van der Waals surface area contributed by atoms with Crippen molar-refractivity contribution in [2.24, 2.45) is 0 Å². The van der Waals surface area contributed by atoms with Crippen LogP contribution in [0.5, 0.6) is 0 Å². The minimum Gasteiger partial charge on any atom is -0.394 e. The molecular formula is C66H124N2O24. The minimum absolute atomic E-state index is 0.124. The van der Waals surface area contributed by atoms with Gasteiger partial charge in [0.15, 0.2) is 25.2 Å². The van der Waals surface area contributed by atoms with Crippen LogP contribution in [-0.4, -0.2) is 257 Å². The molecule has 26 heteroatoms. The van der Waals surface area contributed by atoms with E-state index in [2.05, 4.69) is 24.5 Å². The molecule has 4 aliphatic heterocycles. The number of ether oxygens (including phenoxy) is 8. The molecule has 0 aromatic rings. The number of nitrogens with one attached hydrogen (secondary N) is 2. The molecule has 4 fully saturated rings. The van der Waals surface area contributed by atoms with Gasteiger partial charge in [0.25, 0.3) is 0 Å². The predicted molar refractivity (Wildman–Crippen MR) is 337 cm³/mol. The Kier molecular flexibility index (Phi) is 41.6. The molecule has 4 rings (SSSR count). The van der Waals surface area contributed by atoms with Crippen LogP contribution in [0.25, 0.3) is 0 Å². The van der Waals surface area contributed by atoms with Crippen LogP contribution in [0.15, 0.2) is 0 Å². The van der Waals surface area contributed by atoms with Crippen molar-refractivity contribution in [3.8, 4) is 0 Å². The molecule has 26 nitrogen and oxygen atoms in total. The van der Waals surface area contributed by atoms with Crippen molar-refractivity contribution in [3.05, 3.63) is 0 Å². The summed E-state index contributed by atoms with van der Waals surface area (Å²) in [6.07, 6.45) is -3.22. The fraction of sp³-hybridized carbons (Fsp3) is 0.970. The zero-order chi connectivity index (χ0) is 67.5. The summed E-state index contributed by atoms with van der Waals surface area (Å²) in [7, 11) is 0. The van der Waals surface area contributed by atoms with E-state index in [9.17, 15) is 81.1 Å². The second-order valence-electron chi connectivity index (χ2n) is 26.4. The quantitative estimate of drug-likeness (QED) is 0.0389. The molecule has 24 atom stereocenters. The average Bonchev–Trinajstić information content (AvgIpc) is 0.815. The van der Waals surface area contributed by atoms with E-state index < -0.39 is 185 Å². The Balaban J connectivity index is 1.40. The monoisotopic (exact) mass is 1330 g/mol. The van der Waals surface area contributed by atoms with Gasteiger partial charge >= 0.3 is 0 Å². The maximum absolute atomic E-state index is 13.7. The Morgan fingerprint density at radius 3 is 1.32 bits per heavy atom. The van der Waals surface area contributed by atoms with Gasteiger partial charge in [0.2, 0.25) is 11.8 Å². The predicted octanol–water partition coefficient (Wildman–Crippen LogP) is 2.54. The number of carbonyl (C=O) groups excluding carboxylic acids is 2. The minimum atomic E-state index is -2.10. The SMILES string of the molecule is CCCCCCCCCCCCCCCCCCCCC[C@@H](O)C(=O)N[C@@H](CO[C@H]1O[C@H](CO)[C@H](O)[C@H](O)[C@H]1O[C@H]1O[C@H](CO[C@@H]2O[C@H](CO)[C@H](O)[C@H](O[C@@H]3O[C@@H](C)[C@H](O)[C@@H](O)[C@H]3O)[C@H]2NC(C)=O)[C@H](O)[C@H](O)[C@H]1O)[C@H](O)[C@H](O)CCCCCCCCCCCCC. The Bertz CT molecular complexity index is 1910. The van der Waals surface area contributed by atoms with E-state index in [1.54, 1.807) is 0 Å². The van der Waals surface area contributed by atoms with Gasteiger partial charge in [-0.15, -0.1) is 0 Å². The molecule has 0 saturated carbocycles. The van der Waals surface area contributed by atoms with Crippen molar-refractivity contribution < 1.29 is 119 Å². The van der Waals surface area contributed by atoms with Gasteiger partial charge in [-0.3, -0.25) is 9.59 Å². The third-order valence-corrected chi connectivity index (χ3v) is 18.6. The molecule has 16 N–H and O–H groups in total. The van der Waals surface area contributed by atoms with Crippen LogP contribution < -0.4 is 10.6 Å². The lowest BCUT2D eigenvalue weighted by molar-refractivity contribution is -0.373. The number of hydrogen-bond acceptors (Lipinski definition) is 24. The molecule has 4 aliphatic rings. The summed E-state index contributed by atoms with van der Waals surface area (Å²) in [5.74, 6) is -1.55. The van der Waals surface area contributed by atoms with Crippen molar-refractivity contribution in [2.45, 2.75) is 380 Å². The van der Waals surface area contributed by atoms with E-state index in [0.717, 1.165) is 64.7 Å². The summed E-state index contributed by atoms with van der Waals surface area (Å²) in [5, 5.41) is 159. The lowest BCUT2D eigenvalue weighted by Gasteiger charge is -2.48. The van der Waals surface area contributed by atoms with E-state index in [4.69, 9.17) is 37.9 Å². The molecule has 0 aliphatic carbocycles. The first-order chi connectivity index (χ1) is 44.2. The van der Waals surface area contributed by atoms with Crippen molar-refractivity contribution in [3.63, 3.8) is 0 Å². The molecule has 0 aromatic heterocycles. The average molecular weight is 1330 g/mol. The lowest BCUT2D eigenvalue weighted by Crippen LogP contribution is -2.68. The van der Waals surface area contributed by atoms with Gasteiger partial charge in [0.05, 0.1) is 44.7 Å². The van der Waals surface area contributed by atoms with Crippen LogP contribution in [-0.2, 0) is 47.5 Å². The third kappa shape index (κ3) is 28.1. The van der Waals surface area contributed by atoms with Gasteiger partial charge in [-0.2, -0.15) is 0 Å². The highest BCUT2D eigenvalue weighted by Crippen LogP contribution is 2.34. The second-order valence-corrected chi connectivity index (χ2v) is 26.4. The summed E-state index contributed by atoms with van der Waals surface area (Å²) < 4.78 is 47.1. The van der Waals surface area contributed by atoms with E-state index in [1.807, 2.05) is 0 Å². The summed E-state index contributed by atoms with van der Waals surface area (Å²) in [4.78, 5) is 26.3. The first-order valence-electron chi connectivity index (χ1n) is 35.3. The molecule has 542 valence electrons. The fourth-order valence-electron chi connectivity index (χ4n) is 12.6. The molecule has 0 aromatic carbocycles. The largest absolute Gasteiger partial charge is 0.394 e. The highest BCUT2D eigenvalue weighted by atomic mass is 16.8. The van der Waals surface area contributed by atoms with E-state index in [1.165, 1.54) is 129 Å². The molecule has 0 radical (unpaired) electrons. The lowest BCUT2D eigenvalue weighted by atomic mass is 9.95.